The lowest BCUT2D eigenvalue weighted by molar-refractivity contribution is 0.403. The number of benzene rings is 2. The first-order valence-electron chi connectivity index (χ1n) is 8.63. The Balaban J connectivity index is 1.68. The number of fused-ring (bicyclic) bond motifs is 2. The quantitative estimate of drug-likeness (QED) is 0.554. The van der Waals surface area contributed by atoms with Crippen LogP contribution in [0.4, 0.5) is 5.82 Å². The van der Waals surface area contributed by atoms with Gasteiger partial charge in [0.1, 0.15) is 18.2 Å². The molecule has 0 aliphatic carbocycles. The largest absolute Gasteiger partial charge is 0.423 e. The molecule has 0 amide bonds. The van der Waals surface area contributed by atoms with Gasteiger partial charge in [0.05, 0.1) is 5.52 Å². The van der Waals surface area contributed by atoms with Crippen molar-refractivity contribution in [1.29, 1.82) is 0 Å². The first-order valence-corrected chi connectivity index (χ1v) is 8.63. The maximum absolute atomic E-state index is 5.79. The topological polar surface area (TPSA) is 67.9 Å². The number of anilines is 1. The SMILES string of the molecule is Cc1nnc([C@@H]2Cc3ccccc3CN2c2ncnc3ccccc23)o1. The minimum Gasteiger partial charge on any atom is -0.423 e. The lowest BCUT2D eigenvalue weighted by Crippen LogP contribution is -2.35. The van der Waals surface area contributed by atoms with Crippen LogP contribution in [0.3, 0.4) is 0 Å². The van der Waals surface area contributed by atoms with Crippen LogP contribution in [0, 0.1) is 6.92 Å². The molecule has 0 bridgehead atoms. The average Bonchev–Trinajstić information content (AvgIpc) is 3.13. The summed E-state index contributed by atoms with van der Waals surface area (Å²) in [6.07, 6.45) is 2.42. The van der Waals surface area contributed by atoms with E-state index < -0.39 is 0 Å². The summed E-state index contributed by atoms with van der Waals surface area (Å²) in [7, 11) is 0. The maximum atomic E-state index is 5.79. The fourth-order valence-electron chi connectivity index (χ4n) is 3.63. The first kappa shape index (κ1) is 15.0. The van der Waals surface area contributed by atoms with Gasteiger partial charge in [-0.05, 0) is 23.3 Å². The van der Waals surface area contributed by atoms with E-state index in [1.165, 1.54) is 11.1 Å². The number of para-hydroxylation sites is 1. The molecule has 0 saturated carbocycles. The minimum atomic E-state index is -0.0515. The van der Waals surface area contributed by atoms with Crippen LogP contribution in [0.5, 0.6) is 0 Å². The molecule has 3 heterocycles. The molecule has 6 nitrogen and oxygen atoms in total. The Bertz CT molecular complexity index is 1080. The van der Waals surface area contributed by atoms with Crippen LogP contribution < -0.4 is 4.90 Å². The smallest absolute Gasteiger partial charge is 0.239 e. The molecule has 0 radical (unpaired) electrons. The van der Waals surface area contributed by atoms with E-state index >= 15 is 0 Å². The standard InChI is InChI=1S/C20H17N5O/c1-13-23-24-20(26-13)18-10-14-6-2-3-7-15(14)11-25(18)19-16-8-4-5-9-17(16)21-12-22-19/h2-9,12,18H,10-11H2,1H3/t18-/m0/s1. The first-order chi connectivity index (χ1) is 12.8. The number of hydrogen-bond donors (Lipinski definition) is 0. The number of nitrogens with zero attached hydrogens (tertiary/aromatic N) is 5. The summed E-state index contributed by atoms with van der Waals surface area (Å²) in [6.45, 7) is 2.56. The molecular formula is C20H17N5O. The molecule has 5 rings (SSSR count). The van der Waals surface area contributed by atoms with E-state index in [1.54, 1.807) is 6.33 Å². The molecule has 1 aliphatic heterocycles. The summed E-state index contributed by atoms with van der Waals surface area (Å²) in [5.74, 6) is 2.09. The average molecular weight is 343 g/mol. The van der Waals surface area contributed by atoms with Crippen LogP contribution in [0.2, 0.25) is 0 Å². The van der Waals surface area contributed by atoms with Gasteiger partial charge < -0.3 is 9.32 Å². The number of rotatable bonds is 2. The highest BCUT2D eigenvalue weighted by Gasteiger charge is 2.32. The maximum Gasteiger partial charge on any atom is 0.239 e. The zero-order valence-corrected chi connectivity index (χ0v) is 14.3. The van der Waals surface area contributed by atoms with Crippen molar-refractivity contribution in [2.24, 2.45) is 0 Å². The van der Waals surface area contributed by atoms with Crippen molar-refractivity contribution in [2.75, 3.05) is 4.90 Å². The van der Waals surface area contributed by atoms with Crippen molar-refractivity contribution in [3.05, 3.63) is 77.8 Å². The molecule has 2 aromatic carbocycles. The third kappa shape index (κ3) is 2.42. The van der Waals surface area contributed by atoms with Crippen molar-refractivity contribution in [3.8, 4) is 0 Å². The highest BCUT2D eigenvalue weighted by Crippen LogP contribution is 2.37. The summed E-state index contributed by atoms with van der Waals surface area (Å²) < 4.78 is 5.79. The Hall–Kier alpha value is -3.28. The van der Waals surface area contributed by atoms with Crippen LogP contribution in [0.25, 0.3) is 10.9 Å². The fourth-order valence-corrected chi connectivity index (χ4v) is 3.63. The second-order valence-electron chi connectivity index (χ2n) is 6.49. The van der Waals surface area contributed by atoms with Gasteiger partial charge in [-0.3, -0.25) is 0 Å². The molecule has 0 spiro atoms. The van der Waals surface area contributed by atoms with Crippen LogP contribution in [-0.2, 0) is 13.0 Å². The summed E-state index contributed by atoms with van der Waals surface area (Å²) in [6, 6.07) is 16.5. The van der Waals surface area contributed by atoms with Crippen LogP contribution in [0.15, 0.2) is 59.3 Å². The van der Waals surface area contributed by atoms with E-state index in [0.717, 1.165) is 29.7 Å². The Morgan fingerprint density at radius 2 is 1.77 bits per heavy atom. The zero-order valence-electron chi connectivity index (χ0n) is 14.3. The molecule has 0 N–H and O–H groups in total. The lowest BCUT2D eigenvalue weighted by atomic mass is 9.93. The van der Waals surface area contributed by atoms with E-state index in [-0.39, 0.29) is 6.04 Å². The lowest BCUT2D eigenvalue weighted by Gasteiger charge is -2.36. The van der Waals surface area contributed by atoms with Gasteiger partial charge in [-0.2, -0.15) is 0 Å². The van der Waals surface area contributed by atoms with Gasteiger partial charge in [0.25, 0.3) is 0 Å². The van der Waals surface area contributed by atoms with Crippen molar-refractivity contribution in [2.45, 2.75) is 25.9 Å². The summed E-state index contributed by atoms with van der Waals surface area (Å²) in [4.78, 5) is 11.3. The van der Waals surface area contributed by atoms with Gasteiger partial charge in [0.15, 0.2) is 0 Å². The van der Waals surface area contributed by atoms with Gasteiger partial charge in [-0.25, -0.2) is 9.97 Å². The molecule has 128 valence electrons. The number of aryl methyl sites for hydroxylation is 1. The minimum absolute atomic E-state index is 0.0515. The Kier molecular flexibility index (Phi) is 3.41. The normalized spacial score (nSPS) is 16.7. The Labute approximate surface area is 150 Å². The van der Waals surface area contributed by atoms with Crippen LogP contribution >= 0.6 is 0 Å². The fraction of sp³-hybridized carbons (Fsp3) is 0.200. The molecule has 26 heavy (non-hydrogen) atoms. The second kappa shape index (κ2) is 5.91. The highest BCUT2D eigenvalue weighted by atomic mass is 16.4. The second-order valence-corrected chi connectivity index (χ2v) is 6.49. The number of hydrogen-bond acceptors (Lipinski definition) is 6. The van der Waals surface area contributed by atoms with Gasteiger partial charge in [-0.1, -0.05) is 36.4 Å². The van der Waals surface area contributed by atoms with Gasteiger partial charge in [-0.15, -0.1) is 10.2 Å². The van der Waals surface area contributed by atoms with Crippen molar-refractivity contribution in [3.63, 3.8) is 0 Å². The van der Waals surface area contributed by atoms with Gasteiger partial charge in [0, 0.05) is 25.3 Å². The molecule has 4 aromatic rings. The molecule has 1 aliphatic rings. The summed E-state index contributed by atoms with van der Waals surface area (Å²) >= 11 is 0. The molecule has 0 unspecified atom stereocenters. The van der Waals surface area contributed by atoms with Crippen LogP contribution in [-0.4, -0.2) is 20.2 Å². The molecule has 0 saturated heterocycles. The van der Waals surface area contributed by atoms with E-state index in [4.69, 9.17) is 4.42 Å². The van der Waals surface area contributed by atoms with E-state index in [1.807, 2.05) is 25.1 Å². The third-order valence-electron chi connectivity index (χ3n) is 4.87. The molecule has 2 aromatic heterocycles. The summed E-state index contributed by atoms with van der Waals surface area (Å²) in [5, 5.41) is 9.35. The Morgan fingerprint density at radius 1 is 0.962 bits per heavy atom. The monoisotopic (exact) mass is 343 g/mol. The summed E-state index contributed by atoms with van der Waals surface area (Å²) in [5.41, 5.74) is 3.53. The van der Waals surface area contributed by atoms with Crippen molar-refractivity contribution in [1.82, 2.24) is 20.2 Å². The van der Waals surface area contributed by atoms with Crippen molar-refractivity contribution < 1.29 is 4.42 Å². The molecular weight excluding hydrogens is 326 g/mol. The predicted molar refractivity (Wildman–Crippen MR) is 97.6 cm³/mol. The number of aromatic nitrogens is 4. The zero-order chi connectivity index (χ0) is 17.5. The molecule has 6 heteroatoms. The van der Waals surface area contributed by atoms with E-state index in [0.29, 0.717) is 11.8 Å². The molecule has 0 fully saturated rings. The van der Waals surface area contributed by atoms with E-state index in [9.17, 15) is 0 Å². The highest BCUT2D eigenvalue weighted by molar-refractivity contribution is 5.89. The predicted octanol–water partition coefficient (Wildman–Crippen LogP) is 3.63. The van der Waals surface area contributed by atoms with Crippen LogP contribution in [0.1, 0.15) is 29.0 Å². The van der Waals surface area contributed by atoms with E-state index in [2.05, 4.69) is 55.4 Å². The Morgan fingerprint density at radius 3 is 2.62 bits per heavy atom. The third-order valence-corrected chi connectivity index (χ3v) is 4.87. The van der Waals surface area contributed by atoms with Crippen molar-refractivity contribution >= 4 is 16.7 Å². The van der Waals surface area contributed by atoms with Gasteiger partial charge >= 0.3 is 0 Å². The van der Waals surface area contributed by atoms with Gasteiger partial charge in [0.2, 0.25) is 11.8 Å². The molecule has 1 atom stereocenters.